The van der Waals surface area contributed by atoms with Gasteiger partial charge >= 0.3 is 0 Å². The number of nitrogens with one attached hydrogen (secondary N) is 1. The Labute approximate surface area is 79.8 Å². The second-order valence-electron chi connectivity index (χ2n) is 4.17. The predicted octanol–water partition coefficient (Wildman–Crippen LogP) is 1.23. The largest absolute Gasteiger partial charge is 0.393 e. The molecule has 3 nitrogen and oxygen atoms in total. The average molecular weight is 185 g/mol. The van der Waals surface area contributed by atoms with Crippen molar-refractivity contribution in [3.63, 3.8) is 0 Å². The standard InChI is InChI=1S/C10H19NO2/c1-7(2)9(13)11-10(4,5)6-8(3)12/h8,12H,1,6H2,2-5H3,(H,11,13). The number of aliphatic hydroxyl groups is 1. The van der Waals surface area contributed by atoms with Crippen LogP contribution in [-0.4, -0.2) is 22.7 Å². The third kappa shape index (κ3) is 5.42. The van der Waals surface area contributed by atoms with E-state index in [4.69, 9.17) is 5.11 Å². The summed E-state index contributed by atoms with van der Waals surface area (Å²) < 4.78 is 0. The van der Waals surface area contributed by atoms with Crippen molar-refractivity contribution in [3.05, 3.63) is 12.2 Å². The minimum Gasteiger partial charge on any atom is -0.393 e. The first kappa shape index (κ1) is 12.2. The third-order valence-electron chi connectivity index (χ3n) is 1.65. The van der Waals surface area contributed by atoms with E-state index in [1.807, 2.05) is 13.8 Å². The highest BCUT2D eigenvalue weighted by atomic mass is 16.3. The van der Waals surface area contributed by atoms with Crippen LogP contribution in [0.3, 0.4) is 0 Å². The monoisotopic (exact) mass is 185 g/mol. The van der Waals surface area contributed by atoms with Crippen LogP contribution in [-0.2, 0) is 4.79 Å². The highest BCUT2D eigenvalue weighted by Gasteiger charge is 2.22. The van der Waals surface area contributed by atoms with E-state index in [9.17, 15) is 4.79 Å². The fourth-order valence-electron chi connectivity index (χ4n) is 1.20. The Morgan fingerprint density at radius 3 is 2.38 bits per heavy atom. The van der Waals surface area contributed by atoms with Gasteiger partial charge in [0.15, 0.2) is 0 Å². The van der Waals surface area contributed by atoms with Gasteiger partial charge in [-0.2, -0.15) is 0 Å². The summed E-state index contributed by atoms with van der Waals surface area (Å²) in [5.74, 6) is -0.161. The van der Waals surface area contributed by atoms with E-state index in [0.29, 0.717) is 12.0 Å². The Morgan fingerprint density at radius 1 is 1.62 bits per heavy atom. The van der Waals surface area contributed by atoms with Gasteiger partial charge in [0, 0.05) is 11.1 Å². The first-order valence-electron chi connectivity index (χ1n) is 4.41. The lowest BCUT2D eigenvalue weighted by Gasteiger charge is -2.27. The Morgan fingerprint density at radius 2 is 2.08 bits per heavy atom. The SMILES string of the molecule is C=C(C)C(=O)NC(C)(C)CC(C)O. The summed E-state index contributed by atoms with van der Waals surface area (Å²) in [4.78, 5) is 11.2. The molecule has 0 aromatic heterocycles. The van der Waals surface area contributed by atoms with Crippen molar-refractivity contribution in [2.24, 2.45) is 0 Å². The third-order valence-corrected chi connectivity index (χ3v) is 1.65. The second-order valence-corrected chi connectivity index (χ2v) is 4.17. The smallest absolute Gasteiger partial charge is 0.246 e. The van der Waals surface area contributed by atoms with Gasteiger partial charge in [0.2, 0.25) is 5.91 Å². The van der Waals surface area contributed by atoms with Crippen molar-refractivity contribution < 1.29 is 9.90 Å². The first-order chi connectivity index (χ1) is 5.74. The molecule has 0 aromatic rings. The number of aliphatic hydroxyl groups excluding tert-OH is 1. The number of carbonyl (C=O) groups is 1. The molecule has 0 saturated carbocycles. The first-order valence-corrected chi connectivity index (χ1v) is 4.41. The summed E-state index contributed by atoms with van der Waals surface area (Å²) in [6.07, 6.45) is 0.117. The molecule has 76 valence electrons. The van der Waals surface area contributed by atoms with E-state index in [-0.39, 0.29) is 11.4 Å². The Hall–Kier alpha value is -0.830. The maximum absolute atomic E-state index is 11.2. The lowest BCUT2D eigenvalue weighted by molar-refractivity contribution is -0.119. The molecule has 0 radical (unpaired) electrons. The molecule has 0 saturated heterocycles. The van der Waals surface area contributed by atoms with Gasteiger partial charge in [0.25, 0.3) is 0 Å². The fraction of sp³-hybridized carbons (Fsp3) is 0.700. The molecule has 0 spiro atoms. The zero-order valence-corrected chi connectivity index (χ0v) is 8.85. The van der Waals surface area contributed by atoms with Crippen LogP contribution in [0.25, 0.3) is 0 Å². The fourth-order valence-corrected chi connectivity index (χ4v) is 1.20. The van der Waals surface area contributed by atoms with E-state index in [1.54, 1.807) is 13.8 Å². The highest BCUT2D eigenvalue weighted by Crippen LogP contribution is 2.11. The van der Waals surface area contributed by atoms with E-state index < -0.39 is 6.10 Å². The van der Waals surface area contributed by atoms with Crippen LogP contribution < -0.4 is 5.32 Å². The minimum atomic E-state index is -0.416. The Balaban J connectivity index is 4.16. The summed E-state index contributed by atoms with van der Waals surface area (Å²) in [5.41, 5.74) is 0.100. The lowest BCUT2D eigenvalue weighted by atomic mass is 9.97. The van der Waals surface area contributed by atoms with E-state index in [1.165, 1.54) is 0 Å². The van der Waals surface area contributed by atoms with Crippen LogP contribution in [0.5, 0.6) is 0 Å². The topological polar surface area (TPSA) is 49.3 Å². The molecule has 0 bridgehead atoms. The molecule has 0 aromatic carbocycles. The molecule has 0 fully saturated rings. The zero-order valence-electron chi connectivity index (χ0n) is 8.85. The number of amides is 1. The molecular weight excluding hydrogens is 166 g/mol. The highest BCUT2D eigenvalue weighted by molar-refractivity contribution is 5.92. The van der Waals surface area contributed by atoms with Gasteiger partial charge < -0.3 is 10.4 Å². The summed E-state index contributed by atoms with van der Waals surface area (Å²) in [7, 11) is 0. The number of rotatable bonds is 4. The molecule has 1 amide bonds. The maximum atomic E-state index is 11.2. The molecular formula is C10H19NO2. The van der Waals surface area contributed by atoms with Gasteiger partial charge in [-0.15, -0.1) is 0 Å². The van der Waals surface area contributed by atoms with Crippen LogP contribution in [0, 0.1) is 0 Å². The molecule has 3 heteroatoms. The van der Waals surface area contributed by atoms with Crippen LogP contribution >= 0.6 is 0 Å². The lowest BCUT2D eigenvalue weighted by Crippen LogP contribution is -2.45. The van der Waals surface area contributed by atoms with Gasteiger partial charge in [-0.25, -0.2) is 0 Å². The van der Waals surface area contributed by atoms with E-state index in [0.717, 1.165) is 0 Å². The number of hydrogen-bond donors (Lipinski definition) is 2. The molecule has 2 N–H and O–H groups in total. The normalized spacial score (nSPS) is 13.6. The molecule has 0 aliphatic heterocycles. The molecule has 1 unspecified atom stereocenters. The van der Waals surface area contributed by atoms with Crippen LogP contribution in [0.4, 0.5) is 0 Å². The zero-order chi connectivity index (χ0) is 10.6. The summed E-state index contributed by atoms with van der Waals surface area (Å²) in [6.45, 7) is 10.7. The van der Waals surface area contributed by atoms with Crippen molar-refractivity contribution in [2.45, 2.75) is 45.8 Å². The van der Waals surface area contributed by atoms with Gasteiger partial charge in [-0.3, -0.25) is 4.79 Å². The predicted molar refractivity (Wildman–Crippen MR) is 53.3 cm³/mol. The van der Waals surface area contributed by atoms with Gasteiger partial charge in [-0.05, 0) is 34.1 Å². The minimum absolute atomic E-state index is 0.161. The van der Waals surface area contributed by atoms with Crippen molar-refractivity contribution >= 4 is 5.91 Å². The summed E-state index contributed by atoms with van der Waals surface area (Å²) in [5, 5.41) is 12.0. The van der Waals surface area contributed by atoms with Gasteiger partial charge in [-0.1, -0.05) is 6.58 Å². The van der Waals surface area contributed by atoms with Crippen molar-refractivity contribution in [1.29, 1.82) is 0 Å². The molecule has 0 aliphatic carbocycles. The maximum Gasteiger partial charge on any atom is 0.246 e. The van der Waals surface area contributed by atoms with Crippen molar-refractivity contribution in [2.75, 3.05) is 0 Å². The van der Waals surface area contributed by atoms with E-state index >= 15 is 0 Å². The molecule has 1 atom stereocenters. The van der Waals surface area contributed by atoms with Crippen LogP contribution in [0.2, 0.25) is 0 Å². The Bertz CT molecular complexity index is 207. The van der Waals surface area contributed by atoms with Gasteiger partial charge in [0.1, 0.15) is 0 Å². The second kappa shape index (κ2) is 4.42. The number of hydrogen-bond acceptors (Lipinski definition) is 2. The quantitative estimate of drug-likeness (QED) is 0.647. The molecule has 0 aliphatic rings. The van der Waals surface area contributed by atoms with Crippen molar-refractivity contribution in [3.8, 4) is 0 Å². The summed E-state index contributed by atoms with van der Waals surface area (Å²) >= 11 is 0. The average Bonchev–Trinajstić information content (AvgIpc) is 1.81. The van der Waals surface area contributed by atoms with E-state index in [2.05, 4.69) is 11.9 Å². The number of carbonyl (C=O) groups excluding carboxylic acids is 1. The molecule has 13 heavy (non-hydrogen) atoms. The summed E-state index contributed by atoms with van der Waals surface area (Å²) in [6, 6.07) is 0. The Kier molecular flexibility index (Phi) is 4.14. The van der Waals surface area contributed by atoms with Gasteiger partial charge in [0.05, 0.1) is 6.10 Å². The van der Waals surface area contributed by atoms with Crippen LogP contribution in [0.1, 0.15) is 34.1 Å². The molecule has 0 rings (SSSR count). The van der Waals surface area contributed by atoms with Crippen LogP contribution in [0.15, 0.2) is 12.2 Å². The molecule has 0 heterocycles. The van der Waals surface area contributed by atoms with Crippen molar-refractivity contribution in [1.82, 2.24) is 5.32 Å².